The molecule has 0 aliphatic carbocycles. The van der Waals surface area contributed by atoms with Crippen LogP contribution in [0.5, 0.6) is 0 Å². The van der Waals surface area contributed by atoms with E-state index in [1.807, 2.05) is 24.1 Å². The summed E-state index contributed by atoms with van der Waals surface area (Å²) < 4.78 is 3.08. The van der Waals surface area contributed by atoms with E-state index in [4.69, 9.17) is 0 Å². The molecule has 2 aromatic rings. The zero-order chi connectivity index (χ0) is 15.2. The number of aromatic nitrogens is 4. The molecule has 0 aliphatic heterocycles. The van der Waals surface area contributed by atoms with E-state index in [1.54, 1.807) is 6.33 Å². The van der Waals surface area contributed by atoms with Gasteiger partial charge >= 0.3 is 0 Å². The zero-order valence-corrected chi connectivity index (χ0v) is 14.4. The van der Waals surface area contributed by atoms with Crippen molar-refractivity contribution in [2.45, 2.75) is 39.2 Å². The van der Waals surface area contributed by atoms with Crippen LogP contribution in [0.15, 0.2) is 23.2 Å². The summed E-state index contributed by atoms with van der Waals surface area (Å²) in [7, 11) is 2.00. The second kappa shape index (κ2) is 7.66. The number of halogens is 1. The molecule has 0 saturated carbocycles. The predicted molar refractivity (Wildman–Crippen MR) is 87.1 cm³/mol. The summed E-state index contributed by atoms with van der Waals surface area (Å²) in [5, 5.41) is 8.14. The first kappa shape index (κ1) is 16.1. The number of aryl methyl sites for hydroxylation is 2. The SMILES string of the molecule is CCCNC(Cc1c(Br)c(CC)nn1C)c1cncnc1. The van der Waals surface area contributed by atoms with Gasteiger partial charge in [-0.3, -0.25) is 4.68 Å². The molecule has 1 atom stereocenters. The minimum atomic E-state index is 0.197. The maximum atomic E-state index is 4.57. The highest BCUT2D eigenvalue weighted by atomic mass is 79.9. The lowest BCUT2D eigenvalue weighted by Gasteiger charge is -2.18. The fourth-order valence-electron chi connectivity index (χ4n) is 2.35. The van der Waals surface area contributed by atoms with Gasteiger partial charge < -0.3 is 5.32 Å². The highest BCUT2D eigenvalue weighted by Gasteiger charge is 2.19. The number of nitrogens with zero attached hydrogens (tertiary/aromatic N) is 4. The van der Waals surface area contributed by atoms with Crippen molar-refractivity contribution in [1.82, 2.24) is 25.1 Å². The molecule has 0 fully saturated rings. The Balaban J connectivity index is 2.25. The Kier molecular flexibility index (Phi) is 5.87. The molecular weight excluding hydrogens is 330 g/mol. The van der Waals surface area contributed by atoms with E-state index in [1.165, 1.54) is 5.69 Å². The third-order valence-corrected chi connectivity index (χ3v) is 4.44. The summed E-state index contributed by atoms with van der Waals surface area (Å²) in [5.74, 6) is 0. The quantitative estimate of drug-likeness (QED) is 0.833. The van der Waals surface area contributed by atoms with Gasteiger partial charge in [-0.15, -0.1) is 0 Å². The lowest BCUT2D eigenvalue weighted by atomic mass is 10.0. The molecule has 0 radical (unpaired) electrons. The van der Waals surface area contributed by atoms with Crippen molar-refractivity contribution in [3.8, 4) is 0 Å². The van der Waals surface area contributed by atoms with E-state index in [0.29, 0.717) is 0 Å². The summed E-state index contributed by atoms with van der Waals surface area (Å²) in [5.41, 5.74) is 3.41. The Morgan fingerprint density at radius 2 is 2.00 bits per heavy atom. The van der Waals surface area contributed by atoms with Gasteiger partial charge in [-0.2, -0.15) is 5.10 Å². The molecule has 2 heterocycles. The molecule has 5 nitrogen and oxygen atoms in total. The second-order valence-electron chi connectivity index (χ2n) is 5.07. The van der Waals surface area contributed by atoms with Crippen molar-refractivity contribution in [3.63, 3.8) is 0 Å². The molecular formula is C15H22BrN5. The van der Waals surface area contributed by atoms with Crippen molar-refractivity contribution in [3.05, 3.63) is 40.1 Å². The van der Waals surface area contributed by atoms with Crippen LogP contribution < -0.4 is 5.32 Å². The minimum Gasteiger partial charge on any atom is -0.310 e. The molecule has 0 spiro atoms. The normalized spacial score (nSPS) is 12.6. The van der Waals surface area contributed by atoms with Gasteiger partial charge in [0.05, 0.1) is 15.9 Å². The molecule has 0 amide bonds. The fourth-order valence-corrected chi connectivity index (χ4v) is 3.13. The lowest BCUT2D eigenvalue weighted by Crippen LogP contribution is -2.25. The van der Waals surface area contributed by atoms with Crippen LogP contribution in [-0.4, -0.2) is 26.3 Å². The smallest absolute Gasteiger partial charge is 0.115 e. The fraction of sp³-hybridized carbons (Fsp3) is 0.533. The Morgan fingerprint density at radius 3 is 2.57 bits per heavy atom. The van der Waals surface area contributed by atoms with Crippen LogP contribution in [0.3, 0.4) is 0 Å². The second-order valence-corrected chi connectivity index (χ2v) is 5.86. The Morgan fingerprint density at radius 1 is 1.29 bits per heavy atom. The Labute approximate surface area is 134 Å². The Bertz CT molecular complexity index is 567. The van der Waals surface area contributed by atoms with Crippen LogP contribution in [0, 0.1) is 0 Å². The standard InChI is InChI=1S/C15H22BrN5/c1-4-6-19-13(11-8-17-10-18-9-11)7-14-15(16)12(5-2)20-21(14)3/h8-10,13,19H,4-7H2,1-3H3. The number of hydrogen-bond acceptors (Lipinski definition) is 4. The monoisotopic (exact) mass is 351 g/mol. The Hall–Kier alpha value is -1.27. The van der Waals surface area contributed by atoms with Gasteiger partial charge in [-0.05, 0) is 35.3 Å². The minimum absolute atomic E-state index is 0.197. The van der Waals surface area contributed by atoms with Gasteiger partial charge in [0.25, 0.3) is 0 Å². The molecule has 0 aromatic carbocycles. The number of hydrogen-bond donors (Lipinski definition) is 1. The highest BCUT2D eigenvalue weighted by molar-refractivity contribution is 9.10. The first-order chi connectivity index (χ1) is 10.2. The van der Waals surface area contributed by atoms with Gasteiger partial charge in [0.2, 0.25) is 0 Å². The van der Waals surface area contributed by atoms with E-state index in [2.05, 4.69) is 50.2 Å². The van der Waals surface area contributed by atoms with Gasteiger partial charge in [-0.25, -0.2) is 9.97 Å². The summed E-state index contributed by atoms with van der Waals surface area (Å²) in [6.07, 6.45) is 8.20. The molecule has 114 valence electrons. The van der Waals surface area contributed by atoms with Crippen LogP contribution in [0.4, 0.5) is 0 Å². The molecule has 1 N–H and O–H groups in total. The van der Waals surface area contributed by atoms with Gasteiger partial charge in [0.1, 0.15) is 6.33 Å². The molecule has 2 rings (SSSR count). The average molecular weight is 352 g/mol. The summed E-state index contributed by atoms with van der Waals surface area (Å²) in [6, 6.07) is 0.197. The van der Waals surface area contributed by atoms with Crippen LogP contribution in [0.25, 0.3) is 0 Å². The summed E-state index contributed by atoms with van der Waals surface area (Å²) >= 11 is 3.69. The molecule has 0 aliphatic rings. The zero-order valence-electron chi connectivity index (χ0n) is 12.8. The van der Waals surface area contributed by atoms with Crippen molar-refractivity contribution >= 4 is 15.9 Å². The molecule has 0 bridgehead atoms. The van der Waals surface area contributed by atoms with Gasteiger partial charge in [0.15, 0.2) is 0 Å². The third kappa shape index (κ3) is 3.89. The van der Waals surface area contributed by atoms with Gasteiger partial charge in [-0.1, -0.05) is 13.8 Å². The van der Waals surface area contributed by atoms with E-state index >= 15 is 0 Å². The van der Waals surface area contributed by atoms with Crippen LogP contribution in [-0.2, 0) is 19.9 Å². The summed E-state index contributed by atoms with van der Waals surface area (Å²) in [6.45, 7) is 5.26. The molecule has 0 saturated heterocycles. The molecule has 21 heavy (non-hydrogen) atoms. The topological polar surface area (TPSA) is 55.6 Å². The number of nitrogens with one attached hydrogen (secondary N) is 1. The summed E-state index contributed by atoms with van der Waals surface area (Å²) in [4.78, 5) is 8.27. The van der Waals surface area contributed by atoms with Gasteiger partial charge in [0, 0.05) is 37.5 Å². The van der Waals surface area contributed by atoms with E-state index in [9.17, 15) is 0 Å². The van der Waals surface area contributed by atoms with Crippen molar-refractivity contribution in [2.24, 2.45) is 7.05 Å². The van der Waals surface area contributed by atoms with E-state index in [-0.39, 0.29) is 6.04 Å². The van der Waals surface area contributed by atoms with E-state index < -0.39 is 0 Å². The van der Waals surface area contributed by atoms with E-state index in [0.717, 1.165) is 41.5 Å². The van der Waals surface area contributed by atoms with Crippen molar-refractivity contribution < 1.29 is 0 Å². The average Bonchev–Trinajstić information content (AvgIpc) is 2.79. The maximum Gasteiger partial charge on any atom is 0.115 e. The molecule has 6 heteroatoms. The number of rotatable bonds is 7. The van der Waals surface area contributed by atoms with Crippen molar-refractivity contribution in [1.29, 1.82) is 0 Å². The van der Waals surface area contributed by atoms with Crippen LogP contribution >= 0.6 is 15.9 Å². The molecule has 1 unspecified atom stereocenters. The lowest BCUT2D eigenvalue weighted by molar-refractivity contribution is 0.508. The van der Waals surface area contributed by atoms with Crippen LogP contribution in [0.1, 0.15) is 43.3 Å². The first-order valence-electron chi connectivity index (χ1n) is 7.35. The maximum absolute atomic E-state index is 4.57. The molecule has 2 aromatic heterocycles. The first-order valence-corrected chi connectivity index (χ1v) is 8.15. The van der Waals surface area contributed by atoms with Crippen molar-refractivity contribution in [2.75, 3.05) is 6.54 Å². The van der Waals surface area contributed by atoms with Crippen LogP contribution in [0.2, 0.25) is 0 Å². The largest absolute Gasteiger partial charge is 0.310 e. The third-order valence-electron chi connectivity index (χ3n) is 3.52. The predicted octanol–water partition coefficient (Wildman–Crippen LogP) is 2.82. The highest BCUT2D eigenvalue weighted by Crippen LogP contribution is 2.26.